The van der Waals surface area contributed by atoms with Crippen molar-refractivity contribution in [1.82, 2.24) is 15.2 Å². The van der Waals surface area contributed by atoms with Crippen LogP contribution in [0, 0.1) is 0 Å². The number of guanidine groups is 1. The van der Waals surface area contributed by atoms with Crippen LogP contribution in [0.5, 0.6) is 0 Å². The minimum absolute atomic E-state index is 0.562. The number of nitrogens with one attached hydrogen (secondary N) is 2. The Morgan fingerprint density at radius 2 is 2.11 bits per heavy atom. The maximum atomic E-state index is 5.44. The van der Waals surface area contributed by atoms with Gasteiger partial charge in [0.25, 0.3) is 0 Å². The SMILES string of the molecule is NNC(=NCCCn1cccn1)Nc1ccccc1. The molecule has 2 aromatic rings. The second kappa shape index (κ2) is 7.17. The predicted molar refractivity (Wildman–Crippen MR) is 76.5 cm³/mol. The van der Waals surface area contributed by atoms with Gasteiger partial charge >= 0.3 is 0 Å². The largest absolute Gasteiger partial charge is 0.325 e. The van der Waals surface area contributed by atoms with Gasteiger partial charge in [0, 0.05) is 31.2 Å². The monoisotopic (exact) mass is 258 g/mol. The van der Waals surface area contributed by atoms with Crippen molar-refractivity contribution in [1.29, 1.82) is 0 Å². The number of hydrogen-bond donors (Lipinski definition) is 3. The van der Waals surface area contributed by atoms with Crippen LogP contribution in [0.25, 0.3) is 0 Å². The summed E-state index contributed by atoms with van der Waals surface area (Å²) in [6, 6.07) is 11.7. The van der Waals surface area contributed by atoms with E-state index in [2.05, 4.69) is 20.8 Å². The van der Waals surface area contributed by atoms with Crippen molar-refractivity contribution in [2.75, 3.05) is 11.9 Å². The van der Waals surface area contributed by atoms with E-state index in [9.17, 15) is 0 Å². The van der Waals surface area contributed by atoms with Crippen LogP contribution in [0.4, 0.5) is 5.69 Å². The van der Waals surface area contributed by atoms with E-state index in [-0.39, 0.29) is 0 Å². The summed E-state index contributed by atoms with van der Waals surface area (Å²) in [6.07, 6.45) is 4.62. The van der Waals surface area contributed by atoms with Gasteiger partial charge < -0.3 is 5.32 Å². The molecule has 0 saturated heterocycles. The minimum Gasteiger partial charge on any atom is -0.325 e. The molecule has 6 nitrogen and oxygen atoms in total. The Balaban J connectivity index is 1.79. The quantitative estimate of drug-likeness (QED) is 0.247. The van der Waals surface area contributed by atoms with E-state index in [1.807, 2.05) is 47.3 Å². The van der Waals surface area contributed by atoms with E-state index in [0.29, 0.717) is 12.5 Å². The molecular weight excluding hydrogens is 240 g/mol. The number of para-hydroxylation sites is 1. The van der Waals surface area contributed by atoms with Gasteiger partial charge in [0.05, 0.1) is 0 Å². The van der Waals surface area contributed by atoms with Crippen LogP contribution in [0.3, 0.4) is 0 Å². The Morgan fingerprint density at radius 1 is 1.26 bits per heavy atom. The lowest BCUT2D eigenvalue weighted by Gasteiger charge is -2.08. The molecule has 0 radical (unpaired) electrons. The van der Waals surface area contributed by atoms with Crippen LogP contribution in [-0.2, 0) is 6.54 Å². The smallest absolute Gasteiger partial charge is 0.210 e. The second-order valence-corrected chi connectivity index (χ2v) is 3.99. The van der Waals surface area contributed by atoms with E-state index < -0.39 is 0 Å². The molecular formula is C13H18N6. The van der Waals surface area contributed by atoms with Crippen molar-refractivity contribution in [2.45, 2.75) is 13.0 Å². The zero-order chi connectivity index (χ0) is 13.3. The Hall–Kier alpha value is -2.34. The Morgan fingerprint density at radius 3 is 2.79 bits per heavy atom. The molecule has 0 spiro atoms. The first kappa shape index (κ1) is 13.1. The van der Waals surface area contributed by atoms with Crippen molar-refractivity contribution < 1.29 is 0 Å². The van der Waals surface area contributed by atoms with E-state index in [1.54, 1.807) is 6.20 Å². The fourth-order valence-electron chi connectivity index (χ4n) is 1.64. The number of hydrazine groups is 1. The van der Waals surface area contributed by atoms with Crippen LogP contribution in [0.2, 0.25) is 0 Å². The van der Waals surface area contributed by atoms with Crippen LogP contribution in [0.1, 0.15) is 6.42 Å². The lowest BCUT2D eigenvalue weighted by molar-refractivity contribution is 0.585. The van der Waals surface area contributed by atoms with Crippen LogP contribution < -0.4 is 16.6 Å². The Kier molecular flexibility index (Phi) is 4.95. The van der Waals surface area contributed by atoms with Crippen molar-refractivity contribution in [2.24, 2.45) is 10.8 Å². The van der Waals surface area contributed by atoms with E-state index in [4.69, 9.17) is 5.84 Å². The number of hydrogen-bond acceptors (Lipinski definition) is 3. The standard InChI is InChI=1S/C13H18N6/c14-18-13(17-12-6-2-1-3-7-12)15-8-4-10-19-11-5-9-16-19/h1-3,5-7,9,11H,4,8,10,14H2,(H2,15,17,18). The molecule has 0 amide bonds. The zero-order valence-corrected chi connectivity index (χ0v) is 10.7. The average molecular weight is 258 g/mol. The molecule has 1 aromatic carbocycles. The predicted octanol–water partition coefficient (Wildman–Crippen LogP) is 1.20. The van der Waals surface area contributed by atoms with Crippen molar-refractivity contribution in [3.63, 3.8) is 0 Å². The molecule has 0 unspecified atom stereocenters. The summed E-state index contributed by atoms with van der Waals surface area (Å²) >= 11 is 0. The first-order chi connectivity index (χ1) is 9.38. The summed E-state index contributed by atoms with van der Waals surface area (Å²) in [6.45, 7) is 1.53. The number of benzene rings is 1. The van der Waals surface area contributed by atoms with Crippen LogP contribution >= 0.6 is 0 Å². The van der Waals surface area contributed by atoms with Gasteiger partial charge in [-0.2, -0.15) is 5.10 Å². The van der Waals surface area contributed by atoms with E-state index >= 15 is 0 Å². The first-order valence-electron chi connectivity index (χ1n) is 6.19. The van der Waals surface area contributed by atoms with Crippen molar-refractivity contribution in [3.05, 3.63) is 48.8 Å². The molecule has 1 heterocycles. The molecule has 100 valence electrons. The molecule has 1 aromatic heterocycles. The number of nitrogens with zero attached hydrogens (tertiary/aromatic N) is 3. The average Bonchev–Trinajstić information content (AvgIpc) is 2.96. The van der Waals surface area contributed by atoms with Gasteiger partial charge in [0.1, 0.15) is 0 Å². The fourth-order valence-corrected chi connectivity index (χ4v) is 1.64. The number of anilines is 1. The molecule has 0 aliphatic rings. The summed E-state index contributed by atoms with van der Waals surface area (Å²) < 4.78 is 1.88. The van der Waals surface area contributed by atoms with Crippen LogP contribution in [-0.4, -0.2) is 22.3 Å². The summed E-state index contributed by atoms with van der Waals surface area (Å²) in [7, 11) is 0. The number of aryl methyl sites for hydroxylation is 1. The van der Waals surface area contributed by atoms with Gasteiger partial charge in [-0.25, -0.2) is 5.84 Å². The van der Waals surface area contributed by atoms with E-state index in [0.717, 1.165) is 18.7 Å². The van der Waals surface area contributed by atoms with Gasteiger partial charge in [0.2, 0.25) is 5.96 Å². The highest BCUT2D eigenvalue weighted by atomic mass is 15.3. The molecule has 4 N–H and O–H groups in total. The third kappa shape index (κ3) is 4.44. The van der Waals surface area contributed by atoms with Gasteiger partial charge in [-0.05, 0) is 24.6 Å². The molecule has 0 aliphatic heterocycles. The summed E-state index contributed by atoms with van der Waals surface area (Å²) in [5.74, 6) is 6.00. The molecule has 19 heavy (non-hydrogen) atoms. The summed E-state index contributed by atoms with van der Waals surface area (Å²) in [5.41, 5.74) is 3.51. The van der Waals surface area contributed by atoms with Crippen molar-refractivity contribution in [3.8, 4) is 0 Å². The summed E-state index contributed by atoms with van der Waals surface area (Å²) in [4.78, 5) is 4.37. The van der Waals surface area contributed by atoms with Crippen molar-refractivity contribution >= 4 is 11.6 Å². The Bertz CT molecular complexity index is 491. The van der Waals surface area contributed by atoms with Gasteiger partial charge in [-0.3, -0.25) is 15.1 Å². The molecule has 0 bridgehead atoms. The molecule has 0 aliphatic carbocycles. The van der Waals surface area contributed by atoms with E-state index in [1.165, 1.54) is 0 Å². The highest BCUT2D eigenvalue weighted by Gasteiger charge is 1.97. The number of rotatable bonds is 5. The number of nitrogens with two attached hydrogens (primary N) is 1. The maximum Gasteiger partial charge on any atom is 0.210 e. The number of aromatic nitrogens is 2. The topological polar surface area (TPSA) is 80.3 Å². The number of aliphatic imine (C=N–C) groups is 1. The third-order valence-electron chi connectivity index (χ3n) is 2.55. The van der Waals surface area contributed by atoms with Gasteiger partial charge in [-0.15, -0.1) is 0 Å². The van der Waals surface area contributed by atoms with Crippen LogP contribution in [0.15, 0.2) is 53.8 Å². The van der Waals surface area contributed by atoms with Gasteiger partial charge in [-0.1, -0.05) is 18.2 Å². The minimum atomic E-state index is 0.562. The maximum absolute atomic E-state index is 5.44. The first-order valence-corrected chi connectivity index (χ1v) is 6.19. The highest BCUT2D eigenvalue weighted by Crippen LogP contribution is 2.04. The second-order valence-electron chi connectivity index (χ2n) is 3.99. The lowest BCUT2D eigenvalue weighted by atomic mass is 10.3. The highest BCUT2D eigenvalue weighted by molar-refractivity contribution is 5.93. The zero-order valence-electron chi connectivity index (χ0n) is 10.7. The molecule has 6 heteroatoms. The Labute approximate surface area is 112 Å². The normalized spacial score (nSPS) is 11.3. The molecule has 0 saturated carbocycles. The molecule has 2 rings (SSSR count). The molecule has 0 fully saturated rings. The molecule has 0 atom stereocenters. The summed E-state index contributed by atoms with van der Waals surface area (Å²) in [5, 5.41) is 7.25. The van der Waals surface area contributed by atoms with Gasteiger partial charge in [0.15, 0.2) is 0 Å². The lowest BCUT2D eigenvalue weighted by Crippen LogP contribution is -2.36. The third-order valence-corrected chi connectivity index (χ3v) is 2.55. The fraction of sp³-hybridized carbons (Fsp3) is 0.231.